The summed E-state index contributed by atoms with van der Waals surface area (Å²) in [5.41, 5.74) is -0.0968. The van der Waals surface area contributed by atoms with Crippen LogP contribution in [0.4, 0.5) is 0 Å². The van der Waals surface area contributed by atoms with E-state index in [1.54, 1.807) is 4.57 Å². The summed E-state index contributed by atoms with van der Waals surface area (Å²) in [6, 6.07) is 4.18. The third-order valence-electron chi connectivity index (χ3n) is 5.89. The van der Waals surface area contributed by atoms with E-state index in [1.807, 2.05) is 6.92 Å². The molecular formula is C20H30N4O3. The lowest BCUT2D eigenvalue weighted by Gasteiger charge is -2.31. The fourth-order valence-corrected chi connectivity index (χ4v) is 4.28. The first-order valence-corrected chi connectivity index (χ1v) is 10.3. The number of aromatic nitrogens is 3. The molecule has 7 heteroatoms. The Kier molecular flexibility index (Phi) is 5.78. The van der Waals surface area contributed by atoms with Crippen molar-refractivity contribution in [3.8, 4) is 0 Å². The molecule has 0 saturated carbocycles. The zero-order valence-corrected chi connectivity index (χ0v) is 16.2. The van der Waals surface area contributed by atoms with Crippen LogP contribution in [0, 0.1) is 5.92 Å². The Morgan fingerprint density at radius 3 is 2.81 bits per heavy atom. The van der Waals surface area contributed by atoms with E-state index < -0.39 is 0 Å². The van der Waals surface area contributed by atoms with E-state index in [0.29, 0.717) is 12.5 Å². The first kappa shape index (κ1) is 18.5. The highest BCUT2D eigenvalue weighted by Gasteiger charge is 2.24. The number of piperidine rings is 1. The lowest BCUT2D eigenvalue weighted by molar-refractivity contribution is 0.000725. The minimum Gasteiger partial charge on any atom is -0.462 e. The number of nitrogens with zero attached hydrogens (tertiary/aromatic N) is 3. The molecule has 7 nitrogen and oxygen atoms in total. The van der Waals surface area contributed by atoms with Gasteiger partial charge >= 0.3 is 5.69 Å². The minimum absolute atomic E-state index is 0.0968. The van der Waals surface area contributed by atoms with Crippen LogP contribution >= 0.6 is 0 Å². The Balaban J connectivity index is 1.27. The molecule has 1 unspecified atom stereocenters. The van der Waals surface area contributed by atoms with Crippen LogP contribution in [0.3, 0.4) is 0 Å². The Morgan fingerprint density at radius 2 is 2.07 bits per heavy atom. The Morgan fingerprint density at radius 1 is 1.22 bits per heavy atom. The van der Waals surface area contributed by atoms with E-state index in [9.17, 15) is 4.79 Å². The highest BCUT2D eigenvalue weighted by Crippen LogP contribution is 2.30. The summed E-state index contributed by atoms with van der Waals surface area (Å²) >= 11 is 0. The molecule has 148 valence electrons. The van der Waals surface area contributed by atoms with Crippen LogP contribution in [0.5, 0.6) is 0 Å². The largest absolute Gasteiger partial charge is 0.462 e. The third kappa shape index (κ3) is 4.35. The first-order chi connectivity index (χ1) is 13.2. The summed E-state index contributed by atoms with van der Waals surface area (Å²) in [6.07, 6.45) is 6.72. The second kappa shape index (κ2) is 8.44. The van der Waals surface area contributed by atoms with E-state index in [2.05, 4.69) is 27.2 Å². The predicted octanol–water partition coefficient (Wildman–Crippen LogP) is 2.88. The second-order valence-electron chi connectivity index (χ2n) is 7.77. The lowest BCUT2D eigenvalue weighted by Crippen LogP contribution is -2.34. The van der Waals surface area contributed by atoms with Crippen LogP contribution in [0.15, 0.2) is 21.3 Å². The topological polar surface area (TPSA) is 76.3 Å². The van der Waals surface area contributed by atoms with Crippen molar-refractivity contribution in [2.24, 2.45) is 5.92 Å². The molecule has 2 aliphatic rings. The molecule has 0 amide bonds. The number of nitrogens with one attached hydrogen (secondary N) is 1. The van der Waals surface area contributed by atoms with Gasteiger partial charge in [-0.05, 0) is 70.2 Å². The summed E-state index contributed by atoms with van der Waals surface area (Å²) in [5.74, 6) is 3.49. The molecule has 0 spiro atoms. The summed E-state index contributed by atoms with van der Waals surface area (Å²) in [4.78, 5) is 14.2. The molecule has 2 aromatic rings. The predicted molar refractivity (Wildman–Crippen MR) is 101 cm³/mol. The average molecular weight is 374 g/mol. The smallest absolute Gasteiger partial charge is 0.343 e. The molecule has 2 saturated heterocycles. The molecule has 0 aliphatic carbocycles. The molecule has 0 bridgehead atoms. The van der Waals surface area contributed by atoms with Crippen molar-refractivity contribution < 1.29 is 9.15 Å². The van der Waals surface area contributed by atoms with Gasteiger partial charge in [-0.25, -0.2) is 9.89 Å². The number of aromatic amines is 1. The van der Waals surface area contributed by atoms with Crippen molar-refractivity contribution >= 4 is 0 Å². The molecule has 1 N–H and O–H groups in total. The van der Waals surface area contributed by atoms with Gasteiger partial charge in [-0.1, -0.05) is 0 Å². The van der Waals surface area contributed by atoms with Crippen molar-refractivity contribution in [2.75, 3.05) is 19.7 Å². The van der Waals surface area contributed by atoms with Crippen molar-refractivity contribution in [1.82, 2.24) is 19.7 Å². The molecule has 2 aromatic heterocycles. The normalized spacial score (nSPS) is 22.3. The molecule has 4 heterocycles. The van der Waals surface area contributed by atoms with Gasteiger partial charge in [-0.15, -0.1) is 0 Å². The van der Waals surface area contributed by atoms with Gasteiger partial charge in [0.15, 0.2) is 0 Å². The highest BCUT2D eigenvalue weighted by atomic mass is 16.5. The summed E-state index contributed by atoms with van der Waals surface area (Å²) in [5, 5.41) is 6.77. The zero-order valence-electron chi connectivity index (χ0n) is 16.2. The third-order valence-corrected chi connectivity index (χ3v) is 5.89. The van der Waals surface area contributed by atoms with Crippen LogP contribution in [0.25, 0.3) is 0 Å². The maximum absolute atomic E-state index is 11.7. The van der Waals surface area contributed by atoms with E-state index in [1.165, 1.54) is 6.42 Å². The van der Waals surface area contributed by atoms with Gasteiger partial charge < -0.3 is 9.15 Å². The fourth-order valence-electron chi connectivity index (χ4n) is 4.28. The van der Waals surface area contributed by atoms with Crippen LogP contribution in [-0.4, -0.2) is 39.4 Å². The lowest BCUT2D eigenvalue weighted by atomic mass is 9.93. The van der Waals surface area contributed by atoms with Crippen LogP contribution in [-0.2, 0) is 24.2 Å². The SMILES string of the molecule is CCn1c(CC2CCN(Cc3ccc(C4CCCCO4)o3)CC2)n[nH]c1=O. The number of H-pyrrole nitrogens is 1. The van der Waals surface area contributed by atoms with E-state index >= 15 is 0 Å². The minimum atomic E-state index is -0.0968. The van der Waals surface area contributed by atoms with Crippen LogP contribution < -0.4 is 5.69 Å². The van der Waals surface area contributed by atoms with Gasteiger partial charge in [0.25, 0.3) is 0 Å². The van der Waals surface area contributed by atoms with Gasteiger partial charge in [0.05, 0.1) is 6.54 Å². The molecule has 0 aromatic carbocycles. The Labute approximate surface area is 159 Å². The number of furan rings is 1. The van der Waals surface area contributed by atoms with E-state index in [4.69, 9.17) is 9.15 Å². The monoisotopic (exact) mass is 374 g/mol. The number of rotatable bonds is 6. The van der Waals surface area contributed by atoms with Crippen LogP contribution in [0.1, 0.15) is 62.5 Å². The number of likely N-dealkylation sites (tertiary alicyclic amines) is 1. The van der Waals surface area contributed by atoms with Crippen molar-refractivity contribution in [3.63, 3.8) is 0 Å². The Hall–Kier alpha value is -1.86. The highest BCUT2D eigenvalue weighted by molar-refractivity contribution is 5.10. The van der Waals surface area contributed by atoms with Gasteiger partial charge in [-0.3, -0.25) is 9.47 Å². The zero-order chi connectivity index (χ0) is 18.6. The molecule has 2 fully saturated rings. The molecule has 0 radical (unpaired) electrons. The van der Waals surface area contributed by atoms with E-state index in [-0.39, 0.29) is 11.8 Å². The maximum Gasteiger partial charge on any atom is 0.343 e. The second-order valence-corrected chi connectivity index (χ2v) is 7.77. The van der Waals surface area contributed by atoms with E-state index in [0.717, 1.165) is 75.7 Å². The average Bonchev–Trinajstić information content (AvgIpc) is 3.30. The van der Waals surface area contributed by atoms with Gasteiger partial charge in [-0.2, -0.15) is 5.10 Å². The van der Waals surface area contributed by atoms with Gasteiger partial charge in [0, 0.05) is 19.6 Å². The number of hydrogen-bond acceptors (Lipinski definition) is 5. The molecule has 1 atom stereocenters. The Bertz CT molecular complexity index is 779. The molecular weight excluding hydrogens is 344 g/mol. The number of ether oxygens (including phenoxy) is 1. The van der Waals surface area contributed by atoms with Crippen molar-refractivity contribution in [1.29, 1.82) is 0 Å². The van der Waals surface area contributed by atoms with Crippen LogP contribution in [0.2, 0.25) is 0 Å². The molecule has 27 heavy (non-hydrogen) atoms. The van der Waals surface area contributed by atoms with Crippen molar-refractivity contribution in [2.45, 2.75) is 64.6 Å². The van der Waals surface area contributed by atoms with Gasteiger partial charge in [0.2, 0.25) is 0 Å². The fraction of sp³-hybridized carbons (Fsp3) is 0.700. The number of hydrogen-bond donors (Lipinski definition) is 1. The first-order valence-electron chi connectivity index (χ1n) is 10.3. The van der Waals surface area contributed by atoms with Crippen molar-refractivity contribution in [3.05, 3.63) is 40.0 Å². The summed E-state index contributed by atoms with van der Waals surface area (Å²) < 4.78 is 13.6. The quantitative estimate of drug-likeness (QED) is 0.841. The van der Waals surface area contributed by atoms with Gasteiger partial charge in [0.1, 0.15) is 23.4 Å². The summed E-state index contributed by atoms with van der Waals surface area (Å²) in [7, 11) is 0. The summed E-state index contributed by atoms with van der Waals surface area (Å²) in [6.45, 7) is 6.48. The molecule has 4 rings (SSSR count). The maximum atomic E-state index is 11.7. The molecule has 2 aliphatic heterocycles. The standard InChI is InChI=1S/C20H30N4O3/c1-2-24-19(21-22-20(24)25)13-15-8-10-23(11-9-15)14-16-6-7-18(27-16)17-5-3-4-12-26-17/h6-7,15,17H,2-5,8-14H2,1H3,(H,22,25).